The lowest BCUT2D eigenvalue weighted by atomic mass is 10.0. The molecule has 19 heavy (non-hydrogen) atoms. The van der Waals surface area contributed by atoms with E-state index in [2.05, 4.69) is 4.74 Å². The molecular formula is C11H12Cl2F3NO2. The predicted octanol–water partition coefficient (Wildman–Crippen LogP) is 3.10. The van der Waals surface area contributed by atoms with Crippen LogP contribution in [0.5, 0.6) is 0 Å². The Morgan fingerprint density at radius 1 is 1.53 bits per heavy atom. The molecule has 0 saturated heterocycles. The average Bonchev–Trinajstić information content (AvgIpc) is 2.32. The lowest BCUT2D eigenvalue weighted by Gasteiger charge is -2.22. The van der Waals surface area contributed by atoms with Crippen LogP contribution in [0.4, 0.5) is 13.2 Å². The van der Waals surface area contributed by atoms with E-state index < -0.39 is 23.8 Å². The van der Waals surface area contributed by atoms with Gasteiger partial charge in [-0.15, -0.1) is 12.4 Å². The maximum Gasteiger partial charge on any atom is 0.379 e. The summed E-state index contributed by atoms with van der Waals surface area (Å²) in [7, 11) is 0. The second-order valence-electron chi connectivity index (χ2n) is 3.49. The molecule has 0 aliphatic carbocycles. The van der Waals surface area contributed by atoms with Crippen molar-refractivity contribution < 1.29 is 22.7 Å². The largest absolute Gasteiger partial charge is 0.462 e. The van der Waals surface area contributed by atoms with Gasteiger partial charge in [0, 0.05) is 0 Å². The van der Waals surface area contributed by atoms with Crippen LogP contribution in [-0.2, 0) is 9.53 Å². The number of alkyl halides is 2. The van der Waals surface area contributed by atoms with Crippen molar-refractivity contribution in [3.8, 4) is 0 Å². The molecule has 0 radical (unpaired) electrons. The van der Waals surface area contributed by atoms with Crippen LogP contribution in [0, 0.1) is 5.82 Å². The maximum absolute atomic E-state index is 13.6. The topological polar surface area (TPSA) is 52.3 Å². The molecule has 1 atom stereocenters. The van der Waals surface area contributed by atoms with Crippen molar-refractivity contribution in [2.24, 2.45) is 5.73 Å². The Kier molecular flexibility index (Phi) is 6.62. The highest BCUT2D eigenvalue weighted by Crippen LogP contribution is 2.32. The summed E-state index contributed by atoms with van der Waals surface area (Å²) >= 11 is 5.46. The van der Waals surface area contributed by atoms with Gasteiger partial charge in [0.05, 0.1) is 11.6 Å². The van der Waals surface area contributed by atoms with Crippen molar-refractivity contribution in [2.45, 2.75) is 18.9 Å². The Hall–Kier alpha value is -0.980. The van der Waals surface area contributed by atoms with Crippen LogP contribution in [0.15, 0.2) is 18.2 Å². The van der Waals surface area contributed by atoms with Gasteiger partial charge in [0.25, 0.3) is 0 Å². The lowest BCUT2D eigenvalue weighted by molar-refractivity contribution is -0.174. The summed E-state index contributed by atoms with van der Waals surface area (Å²) in [6.07, 6.45) is 0. The molecular weight excluding hydrogens is 306 g/mol. The standard InChI is InChI=1S/C11H11ClF3NO2.ClH/c1-2-18-10(17)11(14,15)9(16)6-3-4-8(13)7(12)5-6;/h3-5,9H,2,16H2,1H3;1H/t9-;/m0./s1. The van der Waals surface area contributed by atoms with Crippen LogP contribution in [0.3, 0.4) is 0 Å². The number of hydrogen-bond donors (Lipinski definition) is 1. The summed E-state index contributed by atoms with van der Waals surface area (Å²) < 4.78 is 44.3. The minimum absolute atomic E-state index is 0. The fourth-order valence-corrected chi connectivity index (χ4v) is 1.46. The molecule has 3 nitrogen and oxygen atoms in total. The lowest BCUT2D eigenvalue weighted by Crippen LogP contribution is -2.41. The second-order valence-corrected chi connectivity index (χ2v) is 3.90. The SMILES string of the molecule is CCOC(=O)C(F)(F)[C@@H](N)c1ccc(F)c(Cl)c1.Cl. The van der Waals surface area contributed by atoms with Crippen molar-refractivity contribution in [1.29, 1.82) is 0 Å². The van der Waals surface area contributed by atoms with Crippen molar-refractivity contribution >= 4 is 30.0 Å². The number of rotatable bonds is 4. The zero-order chi connectivity index (χ0) is 13.9. The van der Waals surface area contributed by atoms with Crippen LogP contribution >= 0.6 is 24.0 Å². The van der Waals surface area contributed by atoms with Gasteiger partial charge in [0.15, 0.2) is 0 Å². The van der Waals surface area contributed by atoms with Gasteiger partial charge >= 0.3 is 11.9 Å². The first-order valence-electron chi connectivity index (χ1n) is 5.06. The highest BCUT2D eigenvalue weighted by atomic mass is 35.5. The van der Waals surface area contributed by atoms with Crippen LogP contribution in [0.1, 0.15) is 18.5 Å². The number of carbonyl (C=O) groups excluding carboxylic acids is 1. The molecule has 0 aliphatic rings. The van der Waals surface area contributed by atoms with Gasteiger partial charge in [-0.3, -0.25) is 0 Å². The van der Waals surface area contributed by atoms with Gasteiger partial charge in [-0.2, -0.15) is 8.78 Å². The molecule has 0 unspecified atom stereocenters. The first-order chi connectivity index (χ1) is 8.30. The quantitative estimate of drug-likeness (QED) is 0.868. The van der Waals surface area contributed by atoms with E-state index in [1.807, 2.05) is 0 Å². The summed E-state index contributed by atoms with van der Waals surface area (Å²) in [5.74, 6) is -6.39. The summed E-state index contributed by atoms with van der Waals surface area (Å²) in [4.78, 5) is 11.1. The Balaban J connectivity index is 0.00000324. The number of halogens is 5. The molecule has 0 spiro atoms. The smallest absolute Gasteiger partial charge is 0.379 e. The van der Waals surface area contributed by atoms with Gasteiger partial charge in [-0.1, -0.05) is 17.7 Å². The highest BCUT2D eigenvalue weighted by molar-refractivity contribution is 6.30. The van der Waals surface area contributed by atoms with Crippen LogP contribution < -0.4 is 5.73 Å². The minimum atomic E-state index is -3.91. The zero-order valence-corrected chi connectivity index (χ0v) is 11.4. The van der Waals surface area contributed by atoms with E-state index in [1.165, 1.54) is 6.92 Å². The molecule has 0 fully saturated rings. The van der Waals surface area contributed by atoms with E-state index in [1.54, 1.807) is 0 Å². The van der Waals surface area contributed by atoms with Gasteiger partial charge in [-0.25, -0.2) is 9.18 Å². The molecule has 1 aromatic carbocycles. The van der Waals surface area contributed by atoms with E-state index in [9.17, 15) is 18.0 Å². The monoisotopic (exact) mass is 317 g/mol. The van der Waals surface area contributed by atoms with Crippen LogP contribution in [0.2, 0.25) is 5.02 Å². The fourth-order valence-electron chi connectivity index (χ4n) is 1.27. The third-order valence-electron chi connectivity index (χ3n) is 2.24. The first kappa shape index (κ1) is 18.0. The number of carbonyl (C=O) groups is 1. The van der Waals surface area contributed by atoms with Gasteiger partial charge < -0.3 is 10.5 Å². The summed E-state index contributed by atoms with van der Waals surface area (Å²) in [6.45, 7) is 1.21. The third kappa shape index (κ3) is 3.99. The van der Waals surface area contributed by atoms with Crippen molar-refractivity contribution in [3.05, 3.63) is 34.6 Å². The minimum Gasteiger partial charge on any atom is -0.462 e. The van der Waals surface area contributed by atoms with E-state index in [0.717, 1.165) is 18.2 Å². The molecule has 0 amide bonds. The molecule has 0 bridgehead atoms. The third-order valence-corrected chi connectivity index (χ3v) is 2.53. The van der Waals surface area contributed by atoms with Gasteiger partial charge in [0.1, 0.15) is 11.9 Å². The molecule has 108 valence electrons. The molecule has 0 saturated carbocycles. The summed E-state index contributed by atoms with van der Waals surface area (Å²) in [6, 6.07) is 0.946. The average molecular weight is 318 g/mol. The molecule has 0 aromatic heterocycles. The molecule has 1 aromatic rings. The predicted molar refractivity (Wildman–Crippen MR) is 67.2 cm³/mol. The molecule has 0 aliphatic heterocycles. The second kappa shape index (κ2) is 6.98. The molecule has 8 heteroatoms. The number of nitrogens with two attached hydrogens (primary N) is 1. The summed E-state index contributed by atoms with van der Waals surface area (Å²) in [5, 5.41) is -0.345. The number of hydrogen-bond acceptors (Lipinski definition) is 3. The first-order valence-corrected chi connectivity index (χ1v) is 5.44. The summed E-state index contributed by atoms with van der Waals surface area (Å²) in [5.41, 5.74) is 5.14. The highest BCUT2D eigenvalue weighted by Gasteiger charge is 2.47. The van der Waals surface area contributed by atoms with E-state index in [4.69, 9.17) is 17.3 Å². The van der Waals surface area contributed by atoms with Gasteiger partial charge in [0.2, 0.25) is 0 Å². The number of ether oxygens (including phenoxy) is 1. The Morgan fingerprint density at radius 3 is 2.58 bits per heavy atom. The van der Waals surface area contributed by atoms with Crippen LogP contribution in [0.25, 0.3) is 0 Å². The van der Waals surface area contributed by atoms with E-state index in [-0.39, 0.29) is 29.6 Å². The van der Waals surface area contributed by atoms with Gasteiger partial charge in [-0.05, 0) is 24.6 Å². The number of esters is 1. The number of benzene rings is 1. The fraction of sp³-hybridized carbons (Fsp3) is 0.364. The van der Waals surface area contributed by atoms with Crippen molar-refractivity contribution in [3.63, 3.8) is 0 Å². The normalized spacial score (nSPS) is 12.5. The Bertz CT molecular complexity index is 458. The Labute approximate surface area is 119 Å². The molecule has 0 heterocycles. The van der Waals surface area contributed by atoms with E-state index in [0.29, 0.717) is 0 Å². The molecule has 1 rings (SSSR count). The van der Waals surface area contributed by atoms with Crippen LogP contribution in [-0.4, -0.2) is 18.5 Å². The van der Waals surface area contributed by atoms with Crippen molar-refractivity contribution in [1.82, 2.24) is 0 Å². The van der Waals surface area contributed by atoms with Crippen molar-refractivity contribution in [2.75, 3.05) is 6.61 Å². The zero-order valence-electron chi connectivity index (χ0n) is 9.83. The maximum atomic E-state index is 13.6. The Morgan fingerprint density at radius 2 is 2.11 bits per heavy atom. The van der Waals surface area contributed by atoms with E-state index >= 15 is 0 Å². The molecule has 2 N–H and O–H groups in total.